The maximum absolute atomic E-state index is 11.7. The van der Waals surface area contributed by atoms with E-state index in [0.29, 0.717) is 41.8 Å². The smallest absolute Gasteiger partial charge is 0.339 e. The molecule has 1 unspecified atom stereocenters. The van der Waals surface area contributed by atoms with E-state index in [1.54, 1.807) is 12.1 Å². The number of thioether (sulfide) groups is 1. The van der Waals surface area contributed by atoms with Crippen LogP contribution in [0, 0.1) is 0 Å². The number of ether oxygens (including phenoxy) is 2. The number of rotatable bonds is 5. The molecule has 3 aromatic rings. The van der Waals surface area contributed by atoms with Gasteiger partial charge < -0.3 is 24.4 Å². The molecule has 0 amide bonds. The zero-order chi connectivity index (χ0) is 23.7. The molecule has 4 heterocycles. The van der Waals surface area contributed by atoms with Crippen LogP contribution in [-0.4, -0.2) is 83.5 Å². The van der Waals surface area contributed by atoms with Gasteiger partial charge in [0.05, 0.1) is 37.4 Å². The first kappa shape index (κ1) is 22.7. The molecule has 2 aromatic heterocycles. The highest BCUT2D eigenvalue weighted by Gasteiger charge is 2.25. The molecule has 2 fully saturated rings. The summed E-state index contributed by atoms with van der Waals surface area (Å²) in [6.45, 7) is 5.99. The summed E-state index contributed by atoms with van der Waals surface area (Å²) < 4.78 is 10.8. The Balaban J connectivity index is 1.63. The number of fused-ring (bicyclic) bond motifs is 1. The lowest BCUT2D eigenvalue weighted by Gasteiger charge is -2.35. The van der Waals surface area contributed by atoms with Crippen LogP contribution >= 0.6 is 11.8 Å². The van der Waals surface area contributed by atoms with Crippen molar-refractivity contribution in [1.82, 2.24) is 15.0 Å². The Hall–Kier alpha value is -3.11. The quantitative estimate of drug-likeness (QED) is 0.585. The average molecular weight is 482 g/mol. The number of nitrogens with zero attached hydrogens (tertiary/aromatic N) is 5. The van der Waals surface area contributed by atoms with Crippen LogP contribution in [0.3, 0.4) is 0 Å². The van der Waals surface area contributed by atoms with E-state index in [1.807, 2.05) is 30.0 Å². The summed E-state index contributed by atoms with van der Waals surface area (Å²) in [4.78, 5) is 30.9. The fraction of sp³-hybridized carbons (Fsp3) is 0.417. The van der Waals surface area contributed by atoms with Crippen LogP contribution in [0.4, 0.5) is 11.8 Å². The second-order valence-corrected chi connectivity index (χ2v) is 9.58. The summed E-state index contributed by atoms with van der Waals surface area (Å²) in [5, 5.41) is 10.5. The van der Waals surface area contributed by atoms with Gasteiger partial charge in [0.2, 0.25) is 5.95 Å². The topological polar surface area (TPSA) is 101 Å². The number of carboxylic acids is 1. The Labute approximate surface area is 202 Å². The van der Waals surface area contributed by atoms with E-state index in [0.717, 1.165) is 42.3 Å². The van der Waals surface area contributed by atoms with Crippen molar-refractivity contribution in [2.45, 2.75) is 13.0 Å². The Kier molecular flexibility index (Phi) is 6.42. The van der Waals surface area contributed by atoms with E-state index in [9.17, 15) is 9.90 Å². The molecular formula is C24H27N5O4S. The second-order valence-electron chi connectivity index (χ2n) is 8.35. The molecule has 34 heavy (non-hydrogen) atoms. The zero-order valence-electron chi connectivity index (χ0n) is 19.2. The number of methoxy groups -OCH3 is 1. The van der Waals surface area contributed by atoms with Crippen LogP contribution in [0.5, 0.6) is 5.75 Å². The van der Waals surface area contributed by atoms with Gasteiger partial charge in [0, 0.05) is 36.7 Å². The molecule has 2 aliphatic rings. The number of morpholine rings is 1. The maximum Gasteiger partial charge on any atom is 0.339 e. The summed E-state index contributed by atoms with van der Waals surface area (Å²) in [6, 6.07) is 9.12. The van der Waals surface area contributed by atoms with Crippen LogP contribution in [0.25, 0.3) is 22.3 Å². The first-order chi connectivity index (χ1) is 16.5. The molecule has 0 bridgehead atoms. The largest absolute Gasteiger partial charge is 0.496 e. The van der Waals surface area contributed by atoms with Gasteiger partial charge in [-0.05, 0) is 37.3 Å². The standard InChI is InChI=1S/C24H27N5O4S/c1-15-14-33-10-7-29(15)22-17-4-5-19(16-3-6-20(32-2)18(13-16)23(30)31)25-21(17)26-24(27-22)28-8-11-34-12-9-28/h3-6,13,15H,7-12,14H2,1-2H3,(H,30,31). The van der Waals surface area contributed by atoms with E-state index < -0.39 is 5.97 Å². The monoisotopic (exact) mass is 481 g/mol. The van der Waals surface area contributed by atoms with Crippen molar-refractivity contribution in [1.29, 1.82) is 0 Å². The fourth-order valence-corrected chi connectivity index (χ4v) is 5.25. The van der Waals surface area contributed by atoms with Crippen molar-refractivity contribution in [3.63, 3.8) is 0 Å². The molecule has 10 heteroatoms. The number of carboxylic acid groups (broad SMARTS) is 1. The third-order valence-corrected chi connectivity index (χ3v) is 7.13. The number of aromatic carboxylic acids is 1. The highest BCUT2D eigenvalue weighted by Crippen LogP contribution is 2.32. The van der Waals surface area contributed by atoms with Crippen molar-refractivity contribution < 1.29 is 19.4 Å². The molecule has 1 N–H and O–H groups in total. The van der Waals surface area contributed by atoms with Crippen molar-refractivity contribution in [3.8, 4) is 17.0 Å². The number of pyridine rings is 1. The minimum atomic E-state index is -1.05. The zero-order valence-corrected chi connectivity index (χ0v) is 20.0. The van der Waals surface area contributed by atoms with E-state index in [4.69, 9.17) is 24.4 Å². The molecule has 2 saturated heterocycles. The minimum Gasteiger partial charge on any atom is -0.496 e. The third-order valence-electron chi connectivity index (χ3n) is 6.19. The van der Waals surface area contributed by atoms with Crippen molar-refractivity contribution in [2.75, 3.05) is 61.3 Å². The van der Waals surface area contributed by atoms with Gasteiger partial charge in [-0.3, -0.25) is 0 Å². The number of aromatic nitrogens is 3. The van der Waals surface area contributed by atoms with Crippen molar-refractivity contribution in [2.24, 2.45) is 0 Å². The van der Waals surface area contributed by atoms with Crippen molar-refractivity contribution >= 4 is 40.5 Å². The predicted octanol–water partition coefficient (Wildman–Crippen LogP) is 3.18. The number of anilines is 2. The SMILES string of the molecule is COc1ccc(-c2ccc3c(N4CCOCC4C)nc(N4CCSCC4)nc3n2)cc1C(=O)O. The molecular weight excluding hydrogens is 454 g/mol. The molecule has 1 aromatic carbocycles. The lowest BCUT2D eigenvalue weighted by Crippen LogP contribution is -2.44. The van der Waals surface area contributed by atoms with E-state index in [2.05, 4.69) is 16.7 Å². The third kappa shape index (κ3) is 4.35. The van der Waals surface area contributed by atoms with Gasteiger partial charge in [-0.1, -0.05) is 0 Å². The highest BCUT2D eigenvalue weighted by molar-refractivity contribution is 7.99. The average Bonchev–Trinajstić information content (AvgIpc) is 2.88. The van der Waals surface area contributed by atoms with Gasteiger partial charge in [-0.25, -0.2) is 9.78 Å². The van der Waals surface area contributed by atoms with Gasteiger partial charge in [-0.15, -0.1) is 0 Å². The first-order valence-electron chi connectivity index (χ1n) is 11.3. The maximum atomic E-state index is 11.7. The molecule has 9 nitrogen and oxygen atoms in total. The molecule has 0 saturated carbocycles. The number of hydrogen-bond donors (Lipinski definition) is 1. The second kappa shape index (κ2) is 9.63. The Morgan fingerprint density at radius 3 is 2.71 bits per heavy atom. The summed E-state index contributed by atoms with van der Waals surface area (Å²) >= 11 is 1.94. The first-order valence-corrected chi connectivity index (χ1v) is 12.5. The highest BCUT2D eigenvalue weighted by atomic mass is 32.2. The molecule has 2 aliphatic heterocycles. The molecule has 0 radical (unpaired) electrons. The summed E-state index contributed by atoms with van der Waals surface area (Å²) in [5.41, 5.74) is 2.04. The van der Waals surface area contributed by atoms with E-state index >= 15 is 0 Å². The Morgan fingerprint density at radius 2 is 1.97 bits per heavy atom. The van der Waals surface area contributed by atoms with Gasteiger partial charge in [-0.2, -0.15) is 21.7 Å². The number of carbonyl (C=O) groups is 1. The van der Waals surface area contributed by atoms with Crippen LogP contribution in [-0.2, 0) is 4.74 Å². The lowest BCUT2D eigenvalue weighted by molar-refractivity contribution is 0.0693. The van der Waals surface area contributed by atoms with Gasteiger partial charge >= 0.3 is 5.97 Å². The van der Waals surface area contributed by atoms with Crippen molar-refractivity contribution in [3.05, 3.63) is 35.9 Å². The summed E-state index contributed by atoms with van der Waals surface area (Å²) in [5.74, 6) is 2.91. The molecule has 1 atom stereocenters. The summed E-state index contributed by atoms with van der Waals surface area (Å²) in [7, 11) is 1.46. The van der Waals surface area contributed by atoms with Gasteiger partial charge in [0.25, 0.3) is 0 Å². The molecule has 5 rings (SSSR count). The normalized spacial score (nSPS) is 18.8. The fourth-order valence-electron chi connectivity index (χ4n) is 4.34. The Morgan fingerprint density at radius 1 is 1.15 bits per heavy atom. The van der Waals surface area contributed by atoms with Crippen LogP contribution in [0.15, 0.2) is 30.3 Å². The Bertz CT molecular complexity index is 1220. The molecule has 0 aliphatic carbocycles. The number of benzene rings is 1. The number of hydrogen-bond acceptors (Lipinski definition) is 9. The lowest BCUT2D eigenvalue weighted by atomic mass is 10.1. The predicted molar refractivity (Wildman–Crippen MR) is 133 cm³/mol. The summed E-state index contributed by atoms with van der Waals surface area (Å²) in [6.07, 6.45) is 0. The van der Waals surface area contributed by atoms with E-state index in [1.165, 1.54) is 7.11 Å². The van der Waals surface area contributed by atoms with E-state index in [-0.39, 0.29) is 11.6 Å². The minimum absolute atomic E-state index is 0.0962. The van der Waals surface area contributed by atoms with Gasteiger partial charge in [0.15, 0.2) is 5.65 Å². The van der Waals surface area contributed by atoms with Crippen LogP contribution in [0.1, 0.15) is 17.3 Å². The molecule has 0 spiro atoms. The molecule has 178 valence electrons. The van der Waals surface area contributed by atoms with Crippen LogP contribution in [0.2, 0.25) is 0 Å². The van der Waals surface area contributed by atoms with Crippen LogP contribution < -0.4 is 14.5 Å². The van der Waals surface area contributed by atoms with Gasteiger partial charge in [0.1, 0.15) is 17.1 Å².